The molecule has 0 spiro atoms. The molecule has 2 unspecified atom stereocenters. The average Bonchev–Trinajstić information content (AvgIpc) is 3.20. The van der Waals surface area contributed by atoms with E-state index in [2.05, 4.69) is 40.0 Å². The van der Waals surface area contributed by atoms with Crippen LogP contribution in [-0.4, -0.2) is 40.4 Å². The summed E-state index contributed by atoms with van der Waals surface area (Å²) in [5.41, 5.74) is 0.294. The molecule has 0 bridgehead atoms. The fraction of sp³-hybridized carbons (Fsp3) is 0.812. The van der Waals surface area contributed by atoms with Crippen molar-refractivity contribution in [3.63, 3.8) is 0 Å². The first-order valence-electron chi connectivity index (χ1n) is 8.08. The normalized spacial score (nSPS) is 30.0. The number of hydrogen-bond acceptors (Lipinski definition) is 3. The van der Waals surface area contributed by atoms with Crippen molar-refractivity contribution in [1.29, 1.82) is 0 Å². The molecule has 0 aromatic carbocycles. The molecule has 1 aromatic heterocycles. The standard InChI is InChI=1S/C16H26BrN3O/c1-19(2)8-9-20-15(14(17)11-18-20)16(21)7-3-4-13(10-16)12-5-6-12/h11-13,21H,3-10H2,1-2H3. The molecule has 2 saturated carbocycles. The SMILES string of the molecule is CN(C)CCn1ncc(Br)c1C1(O)CCCC(C2CC2)C1. The molecular formula is C16H26BrN3O. The van der Waals surface area contributed by atoms with Gasteiger partial charge in [0, 0.05) is 6.54 Å². The Kier molecular flexibility index (Phi) is 4.44. The minimum absolute atomic E-state index is 0.701. The number of nitrogens with zero attached hydrogens (tertiary/aromatic N) is 3. The van der Waals surface area contributed by atoms with Gasteiger partial charge in [-0.15, -0.1) is 0 Å². The number of hydrogen-bond donors (Lipinski definition) is 1. The van der Waals surface area contributed by atoms with Gasteiger partial charge in [-0.3, -0.25) is 4.68 Å². The number of rotatable bonds is 5. The highest BCUT2D eigenvalue weighted by molar-refractivity contribution is 9.10. The lowest BCUT2D eigenvalue weighted by molar-refractivity contribution is -0.0331. The van der Waals surface area contributed by atoms with Crippen LogP contribution in [0.4, 0.5) is 0 Å². The first-order chi connectivity index (χ1) is 9.99. The fourth-order valence-electron chi connectivity index (χ4n) is 3.77. The minimum atomic E-state index is -0.701. The number of aromatic nitrogens is 2. The third kappa shape index (κ3) is 3.35. The van der Waals surface area contributed by atoms with Crippen molar-refractivity contribution in [3.8, 4) is 0 Å². The predicted octanol–water partition coefficient (Wildman–Crippen LogP) is 3.00. The van der Waals surface area contributed by atoms with Crippen molar-refractivity contribution < 1.29 is 5.11 Å². The van der Waals surface area contributed by atoms with Gasteiger partial charge in [-0.2, -0.15) is 5.10 Å². The van der Waals surface area contributed by atoms with Crippen molar-refractivity contribution in [3.05, 3.63) is 16.4 Å². The van der Waals surface area contributed by atoms with Gasteiger partial charge in [-0.05, 0) is 80.4 Å². The summed E-state index contributed by atoms with van der Waals surface area (Å²) >= 11 is 3.61. The molecule has 2 fully saturated rings. The molecule has 1 heterocycles. The lowest BCUT2D eigenvalue weighted by Crippen LogP contribution is -2.36. The zero-order valence-corrected chi connectivity index (χ0v) is 14.6. The molecule has 5 heteroatoms. The monoisotopic (exact) mass is 355 g/mol. The van der Waals surface area contributed by atoms with Gasteiger partial charge in [-0.1, -0.05) is 0 Å². The lowest BCUT2D eigenvalue weighted by atomic mass is 9.74. The Bertz CT molecular complexity index is 498. The number of aliphatic hydroxyl groups is 1. The second-order valence-electron chi connectivity index (χ2n) is 7.09. The van der Waals surface area contributed by atoms with Crippen LogP contribution in [0, 0.1) is 11.8 Å². The Morgan fingerprint density at radius 1 is 1.38 bits per heavy atom. The van der Waals surface area contributed by atoms with E-state index in [9.17, 15) is 5.11 Å². The highest BCUT2D eigenvalue weighted by atomic mass is 79.9. The van der Waals surface area contributed by atoms with Crippen molar-refractivity contribution in [2.24, 2.45) is 11.8 Å². The molecule has 2 aliphatic rings. The Balaban J connectivity index is 1.81. The molecule has 0 amide bonds. The van der Waals surface area contributed by atoms with E-state index in [0.29, 0.717) is 5.92 Å². The van der Waals surface area contributed by atoms with Crippen molar-refractivity contribution in [2.75, 3.05) is 20.6 Å². The molecule has 0 saturated heterocycles. The Labute approximate surface area is 135 Å². The first-order valence-corrected chi connectivity index (χ1v) is 8.88. The second kappa shape index (κ2) is 6.01. The Hall–Kier alpha value is -0.390. The summed E-state index contributed by atoms with van der Waals surface area (Å²) in [6.07, 6.45) is 8.75. The van der Waals surface area contributed by atoms with Crippen LogP contribution in [-0.2, 0) is 12.1 Å². The molecule has 118 valence electrons. The highest BCUT2D eigenvalue weighted by Gasteiger charge is 2.44. The largest absolute Gasteiger partial charge is 0.384 e. The zero-order chi connectivity index (χ0) is 15.0. The van der Waals surface area contributed by atoms with Crippen LogP contribution >= 0.6 is 15.9 Å². The van der Waals surface area contributed by atoms with Crippen molar-refractivity contribution in [1.82, 2.24) is 14.7 Å². The van der Waals surface area contributed by atoms with Crippen LogP contribution in [0.2, 0.25) is 0 Å². The third-order valence-electron chi connectivity index (χ3n) is 5.05. The van der Waals surface area contributed by atoms with E-state index < -0.39 is 5.60 Å². The van der Waals surface area contributed by atoms with Gasteiger partial charge in [-0.25, -0.2) is 0 Å². The summed E-state index contributed by atoms with van der Waals surface area (Å²) in [6.45, 7) is 1.76. The van der Waals surface area contributed by atoms with Crippen LogP contribution in [0.3, 0.4) is 0 Å². The van der Waals surface area contributed by atoms with Crippen LogP contribution < -0.4 is 0 Å². The van der Waals surface area contributed by atoms with Crippen LogP contribution in [0.5, 0.6) is 0 Å². The summed E-state index contributed by atoms with van der Waals surface area (Å²) < 4.78 is 2.96. The highest BCUT2D eigenvalue weighted by Crippen LogP contribution is 2.50. The van der Waals surface area contributed by atoms with Crippen LogP contribution in [0.15, 0.2) is 10.7 Å². The van der Waals surface area contributed by atoms with E-state index >= 15 is 0 Å². The van der Waals surface area contributed by atoms with Crippen LogP contribution in [0.25, 0.3) is 0 Å². The topological polar surface area (TPSA) is 41.3 Å². The Morgan fingerprint density at radius 2 is 2.14 bits per heavy atom. The van der Waals surface area contributed by atoms with Gasteiger partial charge in [0.2, 0.25) is 0 Å². The molecule has 3 rings (SSSR count). The van der Waals surface area contributed by atoms with E-state index in [-0.39, 0.29) is 0 Å². The van der Waals surface area contributed by atoms with Gasteiger partial charge in [0.15, 0.2) is 0 Å². The molecule has 4 nitrogen and oxygen atoms in total. The van der Waals surface area contributed by atoms with Crippen molar-refractivity contribution >= 4 is 15.9 Å². The van der Waals surface area contributed by atoms with Gasteiger partial charge in [0.1, 0.15) is 5.60 Å². The maximum absolute atomic E-state index is 11.3. The fourth-order valence-corrected chi connectivity index (χ4v) is 4.43. The smallest absolute Gasteiger partial charge is 0.108 e. The second-order valence-corrected chi connectivity index (χ2v) is 7.95. The number of likely N-dealkylation sites (N-methyl/N-ethyl adjacent to an activating group) is 1. The molecular weight excluding hydrogens is 330 g/mol. The van der Waals surface area contributed by atoms with Gasteiger partial charge in [0.05, 0.1) is 22.9 Å². The maximum atomic E-state index is 11.3. The lowest BCUT2D eigenvalue weighted by Gasteiger charge is -2.37. The van der Waals surface area contributed by atoms with E-state index in [0.717, 1.165) is 48.4 Å². The van der Waals surface area contributed by atoms with Gasteiger partial charge >= 0.3 is 0 Å². The van der Waals surface area contributed by atoms with Crippen LogP contribution in [0.1, 0.15) is 44.2 Å². The van der Waals surface area contributed by atoms with E-state index in [1.54, 1.807) is 0 Å². The molecule has 2 atom stereocenters. The summed E-state index contributed by atoms with van der Waals surface area (Å²) in [5, 5.41) is 15.8. The molecule has 0 aliphatic heterocycles. The summed E-state index contributed by atoms with van der Waals surface area (Å²) in [5.74, 6) is 1.57. The number of halogens is 1. The summed E-state index contributed by atoms with van der Waals surface area (Å²) in [4.78, 5) is 2.15. The minimum Gasteiger partial charge on any atom is -0.384 e. The van der Waals surface area contributed by atoms with Crippen molar-refractivity contribution in [2.45, 2.75) is 50.7 Å². The quantitative estimate of drug-likeness (QED) is 0.882. The molecule has 1 aromatic rings. The molecule has 1 N–H and O–H groups in total. The predicted molar refractivity (Wildman–Crippen MR) is 87.1 cm³/mol. The zero-order valence-electron chi connectivity index (χ0n) is 13.1. The van der Waals surface area contributed by atoms with Gasteiger partial charge < -0.3 is 10.0 Å². The molecule has 2 aliphatic carbocycles. The molecule has 21 heavy (non-hydrogen) atoms. The van der Waals surface area contributed by atoms with Gasteiger partial charge in [0.25, 0.3) is 0 Å². The molecule has 0 radical (unpaired) electrons. The maximum Gasteiger partial charge on any atom is 0.108 e. The van der Waals surface area contributed by atoms with E-state index in [4.69, 9.17) is 0 Å². The van der Waals surface area contributed by atoms with E-state index in [1.807, 2.05) is 10.9 Å². The third-order valence-corrected chi connectivity index (χ3v) is 5.63. The summed E-state index contributed by atoms with van der Waals surface area (Å²) in [7, 11) is 4.13. The average molecular weight is 356 g/mol. The van der Waals surface area contributed by atoms with E-state index in [1.165, 1.54) is 19.3 Å². The Morgan fingerprint density at radius 3 is 2.81 bits per heavy atom. The summed E-state index contributed by atoms with van der Waals surface area (Å²) in [6, 6.07) is 0. The first kappa shape index (κ1) is 15.5.